The molecule has 2 N–H and O–H groups in total. The highest BCUT2D eigenvalue weighted by atomic mass is 19.1. The second-order valence-corrected chi connectivity index (χ2v) is 6.65. The maximum Gasteiger partial charge on any atom is 0.315 e. The largest absolute Gasteiger partial charge is 0.337 e. The van der Waals surface area contributed by atoms with Crippen LogP contribution in [-0.4, -0.2) is 40.4 Å². The van der Waals surface area contributed by atoms with Crippen molar-refractivity contribution in [3.63, 3.8) is 0 Å². The van der Waals surface area contributed by atoms with Crippen LogP contribution in [0.1, 0.15) is 17.1 Å². The fourth-order valence-corrected chi connectivity index (χ4v) is 2.80. The van der Waals surface area contributed by atoms with Crippen molar-refractivity contribution in [2.75, 3.05) is 13.6 Å². The molecule has 0 atom stereocenters. The van der Waals surface area contributed by atoms with Crippen LogP contribution < -0.4 is 10.6 Å². The monoisotopic (exact) mass is 395 g/mol. The number of likely N-dealkylation sites (N-methyl/N-ethyl adjacent to an activating group) is 1. The summed E-state index contributed by atoms with van der Waals surface area (Å²) in [5.74, 6) is -0.0634. The van der Waals surface area contributed by atoms with Crippen LogP contribution >= 0.6 is 0 Å². The Bertz CT molecular complexity index is 1020. The number of benzene rings is 2. The van der Waals surface area contributed by atoms with E-state index in [1.807, 2.05) is 31.2 Å². The summed E-state index contributed by atoms with van der Waals surface area (Å²) in [4.78, 5) is 34.6. The highest BCUT2D eigenvalue weighted by molar-refractivity contribution is 5.84. The van der Waals surface area contributed by atoms with Crippen LogP contribution in [0.4, 0.5) is 9.18 Å². The standard InChI is InChI=1S/C21H22FN5O2/c1-14-17-5-3-4-6-18(17)26-19(25-14)13-27(2)20(28)12-24-21(29)23-11-15-7-9-16(22)10-8-15/h3-10H,11-13H2,1-2H3,(H2,23,24,29). The topological polar surface area (TPSA) is 87.2 Å². The van der Waals surface area contributed by atoms with Crippen LogP contribution in [0.2, 0.25) is 0 Å². The summed E-state index contributed by atoms with van der Waals surface area (Å²) < 4.78 is 12.9. The molecule has 0 saturated carbocycles. The van der Waals surface area contributed by atoms with E-state index in [4.69, 9.17) is 0 Å². The summed E-state index contributed by atoms with van der Waals surface area (Å²) in [6.07, 6.45) is 0. The number of aryl methyl sites for hydroxylation is 1. The second-order valence-electron chi connectivity index (χ2n) is 6.65. The molecule has 0 unspecified atom stereocenters. The number of amides is 3. The van der Waals surface area contributed by atoms with Crippen LogP contribution in [0.15, 0.2) is 48.5 Å². The van der Waals surface area contributed by atoms with Crippen molar-refractivity contribution in [1.29, 1.82) is 0 Å². The molecule has 1 aromatic heterocycles. The number of para-hydroxylation sites is 1. The van der Waals surface area contributed by atoms with Crippen LogP contribution in [0.5, 0.6) is 0 Å². The predicted molar refractivity (Wildman–Crippen MR) is 107 cm³/mol. The zero-order valence-corrected chi connectivity index (χ0v) is 16.3. The van der Waals surface area contributed by atoms with Gasteiger partial charge in [0.15, 0.2) is 0 Å². The highest BCUT2D eigenvalue weighted by Gasteiger charge is 2.13. The molecule has 0 aliphatic carbocycles. The van der Waals surface area contributed by atoms with E-state index in [2.05, 4.69) is 20.6 Å². The van der Waals surface area contributed by atoms with Crippen molar-refractivity contribution in [2.45, 2.75) is 20.0 Å². The second kappa shape index (κ2) is 9.09. The first-order valence-electron chi connectivity index (χ1n) is 9.15. The fraction of sp³-hybridized carbons (Fsp3) is 0.238. The number of aromatic nitrogens is 2. The van der Waals surface area contributed by atoms with Gasteiger partial charge in [0.2, 0.25) is 5.91 Å². The Morgan fingerprint density at radius 2 is 1.76 bits per heavy atom. The molecule has 0 aliphatic rings. The molecule has 8 heteroatoms. The summed E-state index contributed by atoms with van der Waals surface area (Å²) >= 11 is 0. The first kappa shape index (κ1) is 20.2. The summed E-state index contributed by atoms with van der Waals surface area (Å²) in [5.41, 5.74) is 2.44. The van der Waals surface area contributed by atoms with Gasteiger partial charge in [-0.25, -0.2) is 19.2 Å². The number of rotatable bonds is 6. The molecule has 0 bridgehead atoms. The predicted octanol–water partition coefficient (Wildman–Crippen LogP) is 2.54. The van der Waals surface area contributed by atoms with Gasteiger partial charge in [-0.1, -0.05) is 30.3 Å². The van der Waals surface area contributed by atoms with Gasteiger partial charge in [-0.15, -0.1) is 0 Å². The van der Waals surface area contributed by atoms with E-state index in [0.29, 0.717) is 5.82 Å². The number of halogens is 1. The summed E-state index contributed by atoms with van der Waals surface area (Å²) in [6, 6.07) is 13.0. The maximum atomic E-state index is 12.9. The number of carbonyl (C=O) groups is 2. The first-order valence-corrected chi connectivity index (χ1v) is 9.15. The van der Waals surface area contributed by atoms with Gasteiger partial charge in [0.1, 0.15) is 11.6 Å². The van der Waals surface area contributed by atoms with Crippen LogP contribution in [0.3, 0.4) is 0 Å². The molecule has 0 fully saturated rings. The summed E-state index contributed by atoms with van der Waals surface area (Å²) in [7, 11) is 1.63. The van der Waals surface area contributed by atoms with Gasteiger partial charge in [0, 0.05) is 24.7 Å². The van der Waals surface area contributed by atoms with Crippen molar-refractivity contribution >= 4 is 22.8 Å². The van der Waals surface area contributed by atoms with E-state index in [0.717, 1.165) is 22.2 Å². The smallest absolute Gasteiger partial charge is 0.315 e. The van der Waals surface area contributed by atoms with E-state index in [9.17, 15) is 14.0 Å². The summed E-state index contributed by atoms with van der Waals surface area (Å²) in [6.45, 7) is 2.23. The van der Waals surface area contributed by atoms with Crippen molar-refractivity contribution in [3.8, 4) is 0 Å². The Morgan fingerprint density at radius 1 is 1.03 bits per heavy atom. The third kappa shape index (κ3) is 5.47. The quantitative estimate of drug-likeness (QED) is 0.672. The molecule has 3 aromatic rings. The zero-order chi connectivity index (χ0) is 20.8. The number of carbonyl (C=O) groups excluding carboxylic acids is 2. The van der Waals surface area contributed by atoms with Crippen LogP contribution in [-0.2, 0) is 17.9 Å². The maximum absolute atomic E-state index is 12.9. The van der Waals surface area contributed by atoms with E-state index in [1.54, 1.807) is 19.2 Å². The van der Waals surface area contributed by atoms with Gasteiger partial charge < -0.3 is 15.5 Å². The van der Waals surface area contributed by atoms with E-state index in [-0.39, 0.29) is 31.4 Å². The van der Waals surface area contributed by atoms with E-state index in [1.165, 1.54) is 17.0 Å². The average Bonchev–Trinajstić information content (AvgIpc) is 2.71. The van der Waals surface area contributed by atoms with Crippen molar-refractivity contribution < 1.29 is 14.0 Å². The Kier molecular flexibility index (Phi) is 6.33. The molecule has 0 aliphatic heterocycles. The molecule has 7 nitrogen and oxygen atoms in total. The molecule has 0 saturated heterocycles. The lowest BCUT2D eigenvalue weighted by Gasteiger charge is -2.17. The number of nitrogens with one attached hydrogen (secondary N) is 2. The Hall–Kier alpha value is -3.55. The molecule has 150 valence electrons. The molecule has 3 amide bonds. The molecule has 0 radical (unpaired) electrons. The van der Waals surface area contributed by atoms with Crippen molar-refractivity contribution in [1.82, 2.24) is 25.5 Å². The lowest BCUT2D eigenvalue weighted by molar-refractivity contribution is -0.129. The van der Waals surface area contributed by atoms with Gasteiger partial charge in [-0.3, -0.25) is 4.79 Å². The number of urea groups is 1. The van der Waals surface area contributed by atoms with Crippen molar-refractivity contribution in [3.05, 3.63) is 71.4 Å². The third-order valence-corrected chi connectivity index (χ3v) is 4.41. The zero-order valence-electron chi connectivity index (χ0n) is 16.3. The Morgan fingerprint density at radius 3 is 2.52 bits per heavy atom. The molecule has 3 rings (SSSR count). The molecular formula is C21H22FN5O2. The Balaban J connectivity index is 1.49. The van der Waals surface area contributed by atoms with Crippen molar-refractivity contribution in [2.24, 2.45) is 0 Å². The van der Waals surface area contributed by atoms with Crippen LogP contribution in [0, 0.1) is 12.7 Å². The Labute approximate surface area is 168 Å². The van der Waals surface area contributed by atoms with E-state index < -0.39 is 6.03 Å². The molecule has 29 heavy (non-hydrogen) atoms. The first-order chi connectivity index (χ1) is 13.9. The molecular weight excluding hydrogens is 373 g/mol. The normalized spacial score (nSPS) is 10.6. The van der Waals surface area contributed by atoms with E-state index >= 15 is 0 Å². The summed E-state index contributed by atoms with van der Waals surface area (Å²) in [5, 5.41) is 6.11. The minimum atomic E-state index is -0.478. The third-order valence-electron chi connectivity index (χ3n) is 4.41. The lowest BCUT2D eigenvalue weighted by atomic mass is 10.2. The minimum absolute atomic E-state index is 0.154. The molecule has 2 aromatic carbocycles. The SMILES string of the molecule is Cc1nc(CN(C)C(=O)CNC(=O)NCc2ccc(F)cc2)nc2ccccc12. The average molecular weight is 395 g/mol. The lowest BCUT2D eigenvalue weighted by Crippen LogP contribution is -2.42. The number of fused-ring (bicyclic) bond motifs is 1. The number of hydrogen-bond acceptors (Lipinski definition) is 4. The highest BCUT2D eigenvalue weighted by Crippen LogP contribution is 2.15. The molecule has 1 heterocycles. The van der Waals surface area contributed by atoms with Gasteiger partial charge in [-0.2, -0.15) is 0 Å². The van der Waals surface area contributed by atoms with Gasteiger partial charge >= 0.3 is 6.03 Å². The van der Waals surface area contributed by atoms with Gasteiger partial charge in [-0.05, 0) is 30.7 Å². The number of nitrogens with zero attached hydrogens (tertiary/aromatic N) is 3. The molecule has 0 spiro atoms. The number of hydrogen-bond donors (Lipinski definition) is 2. The minimum Gasteiger partial charge on any atom is -0.337 e. The van der Waals surface area contributed by atoms with Gasteiger partial charge in [0.25, 0.3) is 0 Å². The van der Waals surface area contributed by atoms with Crippen LogP contribution in [0.25, 0.3) is 10.9 Å². The fourth-order valence-electron chi connectivity index (χ4n) is 2.80. The van der Waals surface area contributed by atoms with Gasteiger partial charge in [0.05, 0.1) is 18.6 Å².